The largest absolute Gasteiger partial charge is 0.484 e. The molecule has 0 spiro atoms. The normalized spacial score (nSPS) is 20.4. The molecule has 1 N–H and O–H groups in total. The van der Waals surface area contributed by atoms with E-state index in [2.05, 4.69) is 0 Å². The summed E-state index contributed by atoms with van der Waals surface area (Å²) in [5, 5.41) is 9.11. The molecule has 0 bridgehead atoms. The third kappa shape index (κ3) is 3.97. The number of benzene rings is 1. The van der Waals surface area contributed by atoms with E-state index in [9.17, 15) is 18.0 Å². The van der Waals surface area contributed by atoms with E-state index in [-0.39, 0.29) is 18.9 Å². The van der Waals surface area contributed by atoms with Crippen LogP contribution in [0.1, 0.15) is 5.56 Å². The maximum Gasteiger partial charge on any atom is 0.327 e. The Balaban J connectivity index is 2.01. The van der Waals surface area contributed by atoms with Gasteiger partial charge in [0.05, 0.1) is 11.5 Å². The second-order valence-corrected chi connectivity index (χ2v) is 7.39. The maximum absolute atomic E-state index is 12.1. The topological polar surface area (TPSA) is 101 Å². The first kappa shape index (κ1) is 16.3. The summed E-state index contributed by atoms with van der Waals surface area (Å²) in [4.78, 5) is 24.3. The molecule has 120 valence electrons. The van der Waals surface area contributed by atoms with Crippen LogP contribution >= 0.6 is 0 Å². The lowest BCUT2D eigenvalue weighted by molar-refractivity contribution is -0.150. The molecule has 22 heavy (non-hydrogen) atoms. The Hall–Kier alpha value is -2.09. The van der Waals surface area contributed by atoms with E-state index in [0.29, 0.717) is 5.75 Å². The SMILES string of the molecule is Cc1ccc(OCC(=O)N2CCS(=O)(=O)CC2C(=O)O)cc1. The van der Waals surface area contributed by atoms with Crippen LogP contribution in [-0.2, 0) is 19.4 Å². The molecule has 1 fully saturated rings. The summed E-state index contributed by atoms with van der Waals surface area (Å²) in [5.41, 5.74) is 1.05. The molecule has 0 aromatic heterocycles. The number of aryl methyl sites for hydroxylation is 1. The molecular formula is C14H17NO6S. The summed E-state index contributed by atoms with van der Waals surface area (Å²) in [6.07, 6.45) is 0. The van der Waals surface area contributed by atoms with Gasteiger partial charge in [-0.25, -0.2) is 13.2 Å². The van der Waals surface area contributed by atoms with Crippen molar-refractivity contribution in [2.75, 3.05) is 24.7 Å². The number of hydrogen-bond acceptors (Lipinski definition) is 5. The van der Waals surface area contributed by atoms with Crippen LogP contribution < -0.4 is 4.74 Å². The third-order valence-electron chi connectivity index (χ3n) is 3.42. The molecule has 1 aromatic rings. The minimum Gasteiger partial charge on any atom is -0.484 e. The van der Waals surface area contributed by atoms with E-state index in [1.165, 1.54) is 0 Å². The Labute approximate surface area is 128 Å². The van der Waals surface area contributed by atoms with Crippen LogP contribution in [-0.4, -0.2) is 61.0 Å². The molecule has 1 amide bonds. The number of carbonyl (C=O) groups is 2. The van der Waals surface area contributed by atoms with E-state index in [1.54, 1.807) is 12.1 Å². The van der Waals surface area contributed by atoms with Crippen molar-refractivity contribution in [2.45, 2.75) is 13.0 Å². The number of aliphatic carboxylic acids is 1. The summed E-state index contributed by atoms with van der Waals surface area (Å²) < 4.78 is 28.3. The molecule has 1 aliphatic rings. The fourth-order valence-corrected chi connectivity index (χ4v) is 3.62. The van der Waals surface area contributed by atoms with E-state index in [4.69, 9.17) is 9.84 Å². The zero-order valence-corrected chi connectivity index (χ0v) is 12.9. The number of hydrogen-bond donors (Lipinski definition) is 1. The fourth-order valence-electron chi connectivity index (χ4n) is 2.17. The van der Waals surface area contributed by atoms with Gasteiger partial charge in [0, 0.05) is 6.54 Å². The number of nitrogens with zero attached hydrogens (tertiary/aromatic N) is 1. The van der Waals surface area contributed by atoms with Gasteiger partial charge in [0.2, 0.25) is 0 Å². The number of ether oxygens (including phenoxy) is 1. The lowest BCUT2D eigenvalue weighted by Crippen LogP contribution is -2.55. The van der Waals surface area contributed by atoms with Crippen LogP contribution in [0.2, 0.25) is 0 Å². The van der Waals surface area contributed by atoms with Crippen LogP contribution in [0.15, 0.2) is 24.3 Å². The number of carboxylic acids is 1. The van der Waals surface area contributed by atoms with Gasteiger partial charge in [0.15, 0.2) is 16.4 Å². The van der Waals surface area contributed by atoms with Crippen molar-refractivity contribution in [3.63, 3.8) is 0 Å². The molecule has 1 aliphatic heterocycles. The summed E-state index contributed by atoms with van der Waals surface area (Å²) in [5.74, 6) is -2.16. The minimum absolute atomic E-state index is 0.130. The van der Waals surface area contributed by atoms with Gasteiger partial charge in [-0.05, 0) is 19.1 Å². The molecule has 0 radical (unpaired) electrons. The van der Waals surface area contributed by atoms with Crippen molar-refractivity contribution < 1.29 is 27.9 Å². The quantitative estimate of drug-likeness (QED) is 0.841. The average molecular weight is 327 g/mol. The first-order valence-electron chi connectivity index (χ1n) is 6.71. The average Bonchev–Trinajstić information content (AvgIpc) is 2.45. The van der Waals surface area contributed by atoms with Crippen molar-refractivity contribution in [3.8, 4) is 5.75 Å². The number of carboxylic acid groups (broad SMARTS) is 1. The monoisotopic (exact) mass is 327 g/mol. The van der Waals surface area contributed by atoms with E-state index in [0.717, 1.165) is 10.5 Å². The highest BCUT2D eigenvalue weighted by molar-refractivity contribution is 7.91. The molecule has 7 nitrogen and oxygen atoms in total. The molecule has 1 saturated heterocycles. The van der Waals surface area contributed by atoms with Gasteiger partial charge in [-0.1, -0.05) is 17.7 Å². The fraction of sp³-hybridized carbons (Fsp3) is 0.429. The highest BCUT2D eigenvalue weighted by Crippen LogP contribution is 2.15. The zero-order valence-electron chi connectivity index (χ0n) is 12.1. The lowest BCUT2D eigenvalue weighted by Gasteiger charge is -2.32. The van der Waals surface area contributed by atoms with Crippen LogP contribution in [0.5, 0.6) is 5.75 Å². The van der Waals surface area contributed by atoms with Gasteiger partial charge in [0.25, 0.3) is 5.91 Å². The lowest BCUT2D eigenvalue weighted by atomic mass is 10.2. The zero-order chi connectivity index (χ0) is 16.3. The Bertz CT molecular complexity index is 667. The van der Waals surface area contributed by atoms with Gasteiger partial charge in [-0.2, -0.15) is 0 Å². The van der Waals surface area contributed by atoms with Crippen LogP contribution in [0.3, 0.4) is 0 Å². The van der Waals surface area contributed by atoms with Crippen LogP contribution in [0.4, 0.5) is 0 Å². The molecule has 1 unspecified atom stereocenters. The van der Waals surface area contributed by atoms with Gasteiger partial charge < -0.3 is 14.7 Å². The molecule has 8 heteroatoms. The summed E-state index contributed by atoms with van der Waals surface area (Å²) in [6, 6.07) is 5.71. The van der Waals surface area contributed by atoms with Gasteiger partial charge in [-0.3, -0.25) is 4.79 Å². The van der Waals surface area contributed by atoms with Gasteiger partial charge >= 0.3 is 5.97 Å². The van der Waals surface area contributed by atoms with E-state index < -0.39 is 33.5 Å². The summed E-state index contributed by atoms with van der Waals surface area (Å²) >= 11 is 0. The molecule has 2 rings (SSSR count). The van der Waals surface area contributed by atoms with Crippen molar-refractivity contribution >= 4 is 21.7 Å². The summed E-state index contributed by atoms with van der Waals surface area (Å²) in [6.45, 7) is 1.46. The van der Waals surface area contributed by atoms with Crippen molar-refractivity contribution in [3.05, 3.63) is 29.8 Å². The van der Waals surface area contributed by atoms with E-state index in [1.807, 2.05) is 19.1 Å². The van der Waals surface area contributed by atoms with Crippen molar-refractivity contribution in [1.82, 2.24) is 4.90 Å². The first-order valence-corrected chi connectivity index (χ1v) is 8.53. The number of rotatable bonds is 4. The van der Waals surface area contributed by atoms with Crippen molar-refractivity contribution in [2.24, 2.45) is 0 Å². The Morgan fingerprint density at radius 3 is 2.55 bits per heavy atom. The molecule has 1 heterocycles. The van der Waals surface area contributed by atoms with Crippen molar-refractivity contribution in [1.29, 1.82) is 0 Å². The second kappa shape index (κ2) is 6.35. The molecule has 1 aromatic carbocycles. The number of amides is 1. The predicted molar refractivity (Wildman–Crippen MR) is 78.5 cm³/mol. The highest BCUT2D eigenvalue weighted by Gasteiger charge is 2.38. The highest BCUT2D eigenvalue weighted by atomic mass is 32.2. The molecule has 1 atom stereocenters. The smallest absolute Gasteiger partial charge is 0.327 e. The van der Waals surface area contributed by atoms with Gasteiger partial charge in [-0.15, -0.1) is 0 Å². The number of carbonyl (C=O) groups excluding carboxylic acids is 1. The number of sulfone groups is 1. The molecule has 0 aliphatic carbocycles. The van der Waals surface area contributed by atoms with Crippen LogP contribution in [0, 0.1) is 6.92 Å². The Morgan fingerprint density at radius 1 is 1.32 bits per heavy atom. The minimum atomic E-state index is -3.43. The maximum atomic E-state index is 12.1. The Morgan fingerprint density at radius 2 is 1.95 bits per heavy atom. The molecular weight excluding hydrogens is 310 g/mol. The first-order chi connectivity index (χ1) is 10.3. The molecule has 0 saturated carbocycles. The standard InChI is InChI=1S/C14H17NO6S/c1-10-2-4-11(5-3-10)21-8-13(16)15-6-7-22(19,20)9-12(15)14(17)18/h2-5,12H,6-9H2,1H3,(H,17,18). The second-order valence-electron chi connectivity index (χ2n) is 5.16. The third-order valence-corrected chi connectivity index (χ3v) is 5.05. The van der Waals surface area contributed by atoms with Gasteiger partial charge in [0.1, 0.15) is 11.8 Å². The van der Waals surface area contributed by atoms with Crippen LogP contribution in [0.25, 0.3) is 0 Å². The predicted octanol–water partition coefficient (Wildman–Crippen LogP) is 0.0840. The van der Waals surface area contributed by atoms with E-state index >= 15 is 0 Å². The Kier molecular flexibility index (Phi) is 4.70. The summed E-state index contributed by atoms with van der Waals surface area (Å²) in [7, 11) is -3.43.